The van der Waals surface area contributed by atoms with E-state index in [1.807, 2.05) is 0 Å². The molecule has 0 N–H and O–H groups in total. The summed E-state index contributed by atoms with van der Waals surface area (Å²) in [4.78, 5) is 28.3. The van der Waals surface area contributed by atoms with Crippen LogP contribution in [-0.2, 0) is 9.59 Å². The molecule has 0 spiro atoms. The van der Waals surface area contributed by atoms with Crippen molar-refractivity contribution in [1.29, 1.82) is 0 Å². The van der Waals surface area contributed by atoms with Gasteiger partial charge in [-0.05, 0) is 47.5 Å². The van der Waals surface area contributed by atoms with Gasteiger partial charge in [-0.25, -0.2) is 0 Å². The number of hydrogen-bond donors (Lipinski definition) is 0. The number of rotatable bonds is 13. The maximum absolute atomic E-state index is 12.6. The molecule has 2 rings (SSSR count). The molecule has 0 atom stereocenters. The summed E-state index contributed by atoms with van der Waals surface area (Å²) in [6.07, 6.45) is 6.23. The Morgan fingerprint density at radius 3 is 1.11 bits per heavy atom. The number of carbonyl (C=O) groups is 2. The molecule has 0 aliphatic carbocycles. The van der Waals surface area contributed by atoms with E-state index in [4.69, 9.17) is 28.4 Å². The number of methoxy groups -OCH3 is 6. The minimum Gasteiger partial charge on any atom is -0.493 e. The van der Waals surface area contributed by atoms with Crippen LogP contribution in [0.3, 0.4) is 0 Å². The minimum absolute atomic E-state index is 0.215. The van der Waals surface area contributed by atoms with Gasteiger partial charge in [-0.15, -0.1) is 0 Å². The van der Waals surface area contributed by atoms with Crippen molar-refractivity contribution >= 4 is 24.0 Å². The number of amides is 2. The van der Waals surface area contributed by atoms with Crippen LogP contribution in [0.2, 0.25) is 0 Å². The van der Waals surface area contributed by atoms with Crippen LogP contribution in [0, 0.1) is 0 Å². The Morgan fingerprint density at radius 2 is 0.868 bits per heavy atom. The first kappa shape index (κ1) is 29.9. The molecule has 2 aromatic rings. The first-order valence-electron chi connectivity index (χ1n) is 11.7. The second-order valence-corrected chi connectivity index (χ2v) is 8.10. The Labute approximate surface area is 223 Å². The monoisotopic (exact) mass is 528 g/mol. The number of benzene rings is 2. The molecule has 2 aromatic carbocycles. The molecule has 0 saturated carbocycles. The Morgan fingerprint density at radius 1 is 0.579 bits per heavy atom. The van der Waals surface area contributed by atoms with Gasteiger partial charge in [0.05, 0.1) is 42.7 Å². The molecule has 38 heavy (non-hydrogen) atoms. The Balaban J connectivity index is 1.99. The van der Waals surface area contributed by atoms with E-state index in [0.717, 1.165) is 0 Å². The van der Waals surface area contributed by atoms with Gasteiger partial charge in [0, 0.05) is 39.3 Å². The highest BCUT2D eigenvalue weighted by Crippen LogP contribution is 2.39. The molecule has 10 heteroatoms. The summed E-state index contributed by atoms with van der Waals surface area (Å²) in [7, 11) is 12.5. The first-order chi connectivity index (χ1) is 18.2. The van der Waals surface area contributed by atoms with Crippen molar-refractivity contribution in [2.75, 3.05) is 69.8 Å². The highest BCUT2D eigenvalue weighted by atomic mass is 16.5. The van der Waals surface area contributed by atoms with Crippen LogP contribution in [0.1, 0.15) is 11.1 Å². The predicted octanol–water partition coefficient (Wildman–Crippen LogP) is 3.38. The largest absolute Gasteiger partial charge is 0.493 e. The van der Waals surface area contributed by atoms with Gasteiger partial charge in [0.1, 0.15) is 0 Å². The quantitative estimate of drug-likeness (QED) is 0.365. The van der Waals surface area contributed by atoms with Gasteiger partial charge >= 0.3 is 0 Å². The Kier molecular flexibility index (Phi) is 11.3. The van der Waals surface area contributed by atoms with Crippen LogP contribution in [0.25, 0.3) is 12.2 Å². The lowest BCUT2D eigenvalue weighted by Crippen LogP contribution is -2.36. The average Bonchev–Trinajstić information content (AvgIpc) is 2.95. The van der Waals surface area contributed by atoms with E-state index < -0.39 is 0 Å². The number of carbonyl (C=O) groups excluding carboxylic acids is 2. The van der Waals surface area contributed by atoms with Crippen molar-refractivity contribution in [3.63, 3.8) is 0 Å². The maximum Gasteiger partial charge on any atom is 0.246 e. The van der Waals surface area contributed by atoms with E-state index in [2.05, 4.69) is 0 Å². The van der Waals surface area contributed by atoms with Crippen molar-refractivity contribution in [2.24, 2.45) is 0 Å². The van der Waals surface area contributed by atoms with Crippen LogP contribution in [-0.4, -0.2) is 91.5 Å². The van der Waals surface area contributed by atoms with Gasteiger partial charge in [0.2, 0.25) is 23.3 Å². The SMILES string of the molecule is COc1cc(/C=C/C(=O)N(C)CCN(C)C(=O)/C=C/c2cc(OC)c(OC)c(OC)c2)cc(OC)c1OC. The third-order valence-corrected chi connectivity index (χ3v) is 5.73. The second-order valence-electron chi connectivity index (χ2n) is 8.10. The van der Waals surface area contributed by atoms with Crippen molar-refractivity contribution in [3.05, 3.63) is 47.5 Å². The topological polar surface area (TPSA) is 96.0 Å². The van der Waals surface area contributed by atoms with Crippen molar-refractivity contribution in [2.45, 2.75) is 0 Å². The fraction of sp³-hybridized carbons (Fsp3) is 0.357. The fourth-order valence-corrected chi connectivity index (χ4v) is 3.51. The third-order valence-electron chi connectivity index (χ3n) is 5.73. The molecule has 0 heterocycles. The van der Waals surface area contributed by atoms with E-state index >= 15 is 0 Å². The summed E-state index contributed by atoms with van der Waals surface area (Å²) in [5, 5.41) is 0. The zero-order valence-corrected chi connectivity index (χ0v) is 23.2. The summed E-state index contributed by atoms with van der Waals surface area (Å²) in [6, 6.07) is 6.99. The zero-order chi connectivity index (χ0) is 28.2. The van der Waals surface area contributed by atoms with Crippen LogP contribution in [0.5, 0.6) is 34.5 Å². The lowest BCUT2D eigenvalue weighted by Gasteiger charge is -2.20. The van der Waals surface area contributed by atoms with E-state index in [9.17, 15) is 9.59 Å². The summed E-state index contributed by atoms with van der Waals surface area (Å²) < 4.78 is 32.0. The lowest BCUT2D eigenvalue weighted by atomic mass is 10.1. The van der Waals surface area contributed by atoms with E-state index in [1.54, 1.807) is 50.5 Å². The number of hydrogen-bond acceptors (Lipinski definition) is 8. The fourth-order valence-electron chi connectivity index (χ4n) is 3.51. The van der Waals surface area contributed by atoms with Gasteiger partial charge in [0.15, 0.2) is 23.0 Å². The van der Waals surface area contributed by atoms with Crippen LogP contribution >= 0.6 is 0 Å². The van der Waals surface area contributed by atoms with Gasteiger partial charge in [-0.1, -0.05) is 0 Å². The molecule has 0 fully saturated rings. The molecule has 0 saturated heterocycles. The molecule has 0 aromatic heterocycles. The molecular weight excluding hydrogens is 492 g/mol. The lowest BCUT2D eigenvalue weighted by molar-refractivity contribution is -0.128. The molecule has 0 bridgehead atoms. The molecule has 0 radical (unpaired) electrons. The smallest absolute Gasteiger partial charge is 0.246 e. The normalized spacial score (nSPS) is 10.8. The maximum atomic E-state index is 12.6. The summed E-state index contributed by atoms with van der Waals surface area (Å²) in [5.74, 6) is 2.49. The molecular formula is C28H36N2O8. The second kappa shape index (κ2) is 14.4. The summed E-state index contributed by atoms with van der Waals surface area (Å²) >= 11 is 0. The van der Waals surface area contributed by atoms with Crippen molar-refractivity contribution in [1.82, 2.24) is 9.80 Å². The first-order valence-corrected chi connectivity index (χ1v) is 11.7. The predicted molar refractivity (Wildman–Crippen MR) is 146 cm³/mol. The van der Waals surface area contributed by atoms with Crippen LogP contribution in [0.4, 0.5) is 0 Å². The van der Waals surface area contributed by atoms with Gasteiger partial charge in [0.25, 0.3) is 0 Å². The van der Waals surface area contributed by atoms with Crippen molar-refractivity contribution in [3.8, 4) is 34.5 Å². The average molecular weight is 529 g/mol. The van der Waals surface area contributed by atoms with Gasteiger partial charge < -0.3 is 38.2 Å². The van der Waals surface area contributed by atoms with E-state index in [0.29, 0.717) is 58.7 Å². The van der Waals surface area contributed by atoms with Crippen molar-refractivity contribution < 1.29 is 38.0 Å². The van der Waals surface area contributed by atoms with Gasteiger partial charge in [-0.3, -0.25) is 9.59 Å². The number of likely N-dealkylation sites (N-methyl/N-ethyl adjacent to an activating group) is 2. The number of nitrogens with zero attached hydrogens (tertiary/aromatic N) is 2. The zero-order valence-electron chi connectivity index (χ0n) is 23.2. The van der Waals surface area contributed by atoms with Crippen LogP contribution in [0.15, 0.2) is 36.4 Å². The Hall–Kier alpha value is -4.34. The number of ether oxygens (including phenoxy) is 6. The highest BCUT2D eigenvalue weighted by molar-refractivity contribution is 5.93. The summed E-state index contributed by atoms with van der Waals surface area (Å²) in [5.41, 5.74) is 1.43. The van der Waals surface area contributed by atoms with Crippen LogP contribution < -0.4 is 28.4 Å². The standard InChI is InChI=1S/C28H36N2O8/c1-29(25(31)11-9-19-15-21(33-3)27(37-7)22(16-19)34-4)13-14-30(2)26(32)12-10-20-17-23(35-5)28(38-8)24(18-20)36-6/h9-12,15-18H,13-14H2,1-8H3/b11-9+,12-10+. The molecule has 0 aliphatic rings. The van der Waals surface area contributed by atoms with E-state index in [-0.39, 0.29) is 11.8 Å². The molecule has 10 nitrogen and oxygen atoms in total. The van der Waals surface area contributed by atoms with Gasteiger partial charge in [-0.2, -0.15) is 0 Å². The molecule has 206 valence electrons. The molecule has 0 unspecified atom stereocenters. The minimum atomic E-state index is -0.215. The highest BCUT2D eigenvalue weighted by Gasteiger charge is 2.14. The Bertz CT molecular complexity index is 1030. The third kappa shape index (κ3) is 7.58. The molecule has 2 amide bonds. The van der Waals surface area contributed by atoms with E-state index in [1.165, 1.54) is 64.6 Å². The summed E-state index contributed by atoms with van der Waals surface area (Å²) in [6.45, 7) is 0.692. The molecule has 0 aliphatic heterocycles.